The number of H-pyrrole nitrogens is 1. The Labute approximate surface area is 149 Å². The van der Waals surface area contributed by atoms with E-state index >= 15 is 0 Å². The maximum atomic E-state index is 11.1. The summed E-state index contributed by atoms with van der Waals surface area (Å²) in [5, 5.41) is 17.2. The van der Waals surface area contributed by atoms with Crippen LogP contribution in [0, 0.1) is 0 Å². The van der Waals surface area contributed by atoms with E-state index in [-0.39, 0.29) is 5.56 Å². The van der Waals surface area contributed by atoms with Gasteiger partial charge in [-0.2, -0.15) is 5.10 Å². The number of aromatic carboxylic acids is 1. The van der Waals surface area contributed by atoms with Crippen molar-refractivity contribution in [3.8, 4) is 17.0 Å². The number of nitrogens with zero attached hydrogens (tertiary/aromatic N) is 1. The van der Waals surface area contributed by atoms with Crippen molar-refractivity contribution in [3.63, 3.8) is 0 Å². The molecule has 0 atom stereocenters. The van der Waals surface area contributed by atoms with Crippen LogP contribution in [0.2, 0.25) is 0 Å². The maximum absolute atomic E-state index is 11.1. The first-order valence-corrected chi connectivity index (χ1v) is 8.19. The number of ether oxygens (including phenoxy) is 1. The molecule has 3 aromatic carbocycles. The van der Waals surface area contributed by atoms with Crippen molar-refractivity contribution < 1.29 is 14.6 Å². The molecular formula is C21H16N2O3. The highest BCUT2D eigenvalue weighted by Crippen LogP contribution is 2.29. The van der Waals surface area contributed by atoms with Gasteiger partial charge in [-0.05, 0) is 35.9 Å². The lowest BCUT2D eigenvalue weighted by Crippen LogP contribution is -1.95. The van der Waals surface area contributed by atoms with Crippen LogP contribution in [0.15, 0.2) is 72.8 Å². The van der Waals surface area contributed by atoms with Gasteiger partial charge < -0.3 is 9.84 Å². The van der Waals surface area contributed by atoms with Crippen molar-refractivity contribution in [2.24, 2.45) is 0 Å². The van der Waals surface area contributed by atoms with Crippen molar-refractivity contribution in [1.82, 2.24) is 10.2 Å². The number of benzene rings is 3. The van der Waals surface area contributed by atoms with Crippen LogP contribution in [0.3, 0.4) is 0 Å². The van der Waals surface area contributed by atoms with Gasteiger partial charge in [0, 0.05) is 10.9 Å². The number of aromatic amines is 1. The molecule has 0 saturated heterocycles. The molecule has 0 aliphatic heterocycles. The predicted molar refractivity (Wildman–Crippen MR) is 99.3 cm³/mol. The fourth-order valence-corrected chi connectivity index (χ4v) is 2.85. The van der Waals surface area contributed by atoms with E-state index in [1.165, 1.54) is 0 Å². The molecule has 5 heteroatoms. The third-order valence-electron chi connectivity index (χ3n) is 4.17. The van der Waals surface area contributed by atoms with Crippen molar-refractivity contribution in [1.29, 1.82) is 0 Å². The lowest BCUT2D eigenvalue weighted by Gasteiger charge is -2.07. The summed E-state index contributed by atoms with van der Waals surface area (Å²) in [6, 6.07) is 22.6. The molecule has 0 radical (unpaired) electrons. The van der Waals surface area contributed by atoms with Gasteiger partial charge in [-0.3, -0.25) is 5.10 Å². The van der Waals surface area contributed by atoms with Gasteiger partial charge in [-0.15, -0.1) is 0 Å². The average Bonchev–Trinajstić information content (AvgIpc) is 3.10. The molecule has 4 rings (SSSR count). The van der Waals surface area contributed by atoms with E-state index < -0.39 is 5.97 Å². The molecule has 4 aromatic rings. The van der Waals surface area contributed by atoms with Crippen molar-refractivity contribution in [2.45, 2.75) is 6.61 Å². The van der Waals surface area contributed by atoms with E-state index in [4.69, 9.17) is 9.84 Å². The zero-order valence-corrected chi connectivity index (χ0v) is 13.8. The summed E-state index contributed by atoms with van der Waals surface area (Å²) in [5.74, 6) is -0.205. The second kappa shape index (κ2) is 6.72. The molecule has 0 saturated carbocycles. The minimum Gasteiger partial charge on any atom is -0.489 e. The van der Waals surface area contributed by atoms with Crippen LogP contribution < -0.4 is 4.74 Å². The van der Waals surface area contributed by atoms with E-state index in [0.29, 0.717) is 12.1 Å². The molecule has 0 bridgehead atoms. The van der Waals surface area contributed by atoms with Crippen molar-refractivity contribution in [3.05, 3.63) is 83.9 Å². The first-order valence-electron chi connectivity index (χ1n) is 8.19. The van der Waals surface area contributed by atoms with Crippen LogP contribution in [0.1, 0.15) is 15.9 Å². The number of carbonyl (C=O) groups is 1. The molecule has 1 aromatic heterocycles. The maximum Gasteiger partial charge on any atom is 0.335 e. The summed E-state index contributed by atoms with van der Waals surface area (Å²) in [7, 11) is 0. The van der Waals surface area contributed by atoms with Crippen LogP contribution in [0.25, 0.3) is 22.2 Å². The number of rotatable bonds is 5. The van der Waals surface area contributed by atoms with Crippen LogP contribution in [0.4, 0.5) is 0 Å². The van der Waals surface area contributed by atoms with E-state index in [0.717, 1.165) is 28.0 Å². The minimum absolute atomic E-state index is 0.229. The van der Waals surface area contributed by atoms with Crippen molar-refractivity contribution >= 4 is 16.9 Å². The van der Waals surface area contributed by atoms with Gasteiger partial charge in [-0.25, -0.2) is 4.79 Å². The summed E-state index contributed by atoms with van der Waals surface area (Å²) < 4.78 is 5.88. The predicted octanol–water partition coefficient (Wildman–Crippen LogP) is 4.51. The normalized spacial score (nSPS) is 10.8. The highest BCUT2D eigenvalue weighted by Gasteiger charge is 2.11. The number of fused-ring (bicyclic) bond motifs is 1. The summed E-state index contributed by atoms with van der Waals surface area (Å²) in [6.07, 6.45) is 0. The molecule has 0 spiro atoms. The number of carboxylic acids is 1. The zero-order chi connectivity index (χ0) is 17.9. The standard InChI is InChI=1S/C21H16N2O3/c24-21(25)16-9-10-18-19(12-16)22-23-20(18)15-7-4-8-17(11-15)26-13-14-5-2-1-3-6-14/h1-12H,13H2,(H,22,23)(H,24,25). The fourth-order valence-electron chi connectivity index (χ4n) is 2.85. The highest BCUT2D eigenvalue weighted by atomic mass is 16.5. The summed E-state index contributed by atoms with van der Waals surface area (Å²) in [6.45, 7) is 0.494. The van der Waals surface area contributed by atoms with Gasteiger partial charge in [-0.1, -0.05) is 42.5 Å². The smallest absolute Gasteiger partial charge is 0.335 e. The molecule has 1 heterocycles. The van der Waals surface area contributed by atoms with Gasteiger partial charge in [0.1, 0.15) is 18.1 Å². The van der Waals surface area contributed by atoms with Crippen LogP contribution in [-0.4, -0.2) is 21.3 Å². The second-order valence-corrected chi connectivity index (χ2v) is 5.94. The molecule has 0 amide bonds. The topological polar surface area (TPSA) is 75.2 Å². The number of hydrogen-bond acceptors (Lipinski definition) is 3. The Bertz CT molecular complexity index is 1070. The van der Waals surface area contributed by atoms with Gasteiger partial charge in [0.2, 0.25) is 0 Å². The Kier molecular flexibility index (Phi) is 4.11. The third-order valence-corrected chi connectivity index (χ3v) is 4.17. The summed E-state index contributed by atoms with van der Waals surface area (Å²) in [5.41, 5.74) is 3.69. The quantitative estimate of drug-likeness (QED) is 0.559. The average molecular weight is 344 g/mol. The van der Waals surface area contributed by atoms with Gasteiger partial charge in [0.15, 0.2) is 0 Å². The van der Waals surface area contributed by atoms with Gasteiger partial charge >= 0.3 is 5.97 Å². The first kappa shape index (κ1) is 15.9. The lowest BCUT2D eigenvalue weighted by molar-refractivity contribution is 0.0697. The minimum atomic E-state index is -0.959. The molecule has 0 unspecified atom stereocenters. The molecule has 5 nitrogen and oxygen atoms in total. The molecule has 0 aliphatic rings. The Morgan fingerprint density at radius 2 is 1.85 bits per heavy atom. The Hall–Kier alpha value is -3.60. The summed E-state index contributed by atoms with van der Waals surface area (Å²) in [4.78, 5) is 11.1. The second-order valence-electron chi connectivity index (χ2n) is 5.94. The van der Waals surface area contributed by atoms with Gasteiger partial charge in [0.05, 0.1) is 11.1 Å². The van der Waals surface area contributed by atoms with Crippen LogP contribution in [-0.2, 0) is 6.61 Å². The first-order chi connectivity index (χ1) is 12.7. The Morgan fingerprint density at radius 3 is 2.65 bits per heavy atom. The van der Waals surface area contributed by atoms with Crippen LogP contribution >= 0.6 is 0 Å². The molecular weight excluding hydrogens is 328 g/mol. The number of aromatic nitrogens is 2. The molecule has 26 heavy (non-hydrogen) atoms. The monoisotopic (exact) mass is 344 g/mol. The molecule has 2 N–H and O–H groups in total. The molecule has 0 fully saturated rings. The SMILES string of the molecule is O=C(O)c1ccc2c(-c3cccc(OCc4ccccc4)c3)n[nH]c2c1. The van der Waals surface area contributed by atoms with E-state index in [1.807, 2.05) is 54.6 Å². The number of carboxylic acid groups (broad SMARTS) is 1. The third kappa shape index (κ3) is 3.15. The zero-order valence-electron chi connectivity index (χ0n) is 13.8. The Balaban J connectivity index is 1.62. The molecule has 128 valence electrons. The summed E-state index contributed by atoms with van der Waals surface area (Å²) >= 11 is 0. The number of nitrogens with one attached hydrogen (secondary N) is 1. The molecule has 0 aliphatic carbocycles. The van der Waals surface area contributed by atoms with Crippen LogP contribution in [0.5, 0.6) is 5.75 Å². The van der Waals surface area contributed by atoms with E-state index in [1.54, 1.807) is 18.2 Å². The Morgan fingerprint density at radius 1 is 1.00 bits per heavy atom. The largest absolute Gasteiger partial charge is 0.489 e. The van der Waals surface area contributed by atoms with Crippen molar-refractivity contribution in [2.75, 3.05) is 0 Å². The fraction of sp³-hybridized carbons (Fsp3) is 0.0476. The van der Waals surface area contributed by atoms with E-state index in [9.17, 15) is 4.79 Å². The number of hydrogen-bond donors (Lipinski definition) is 2. The van der Waals surface area contributed by atoms with Gasteiger partial charge in [0.25, 0.3) is 0 Å². The highest BCUT2D eigenvalue weighted by molar-refractivity contribution is 5.98. The van der Waals surface area contributed by atoms with E-state index in [2.05, 4.69) is 10.2 Å². The lowest BCUT2D eigenvalue weighted by atomic mass is 10.1.